The number of unbranched alkanes of at least 4 members (excludes halogenated alkanes) is 1. The largest absolute Gasteiger partial charge is 0.383 e. The first kappa shape index (κ1) is 21.9. The van der Waals surface area contributed by atoms with Crippen LogP contribution < -0.4 is 21.9 Å². The molecule has 0 saturated carbocycles. The summed E-state index contributed by atoms with van der Waals surface area (Å²) in [5.74, 6) is -0.526. The zero-order valence-corrected chi connectivity index (χ0v) is 16.7. The van der Waals surface area contributed by atoms with Gasteiger partial charge >= 0.3 is 5.69 Å². The molecule has 1 heterocycles. The Balaban J connectivity index is 2.57. The molecule has 0 saturated heterocycles. The number of carbonyl (C=O) groups is 1. The first-order valence-corrected chi connectivity index (χ1v) is 9.36. The predicted octanol–water partition coefficient (Wildman–Crippen LogP) is 2.13. The van der Waals surface area contributed by atoms with Crippen LogP contribution in [0.2, 0.25) is 0 Å². The van der Waals surface area contributed by atoms with Crippen molar-refractivity contribution >= 4 is 23.1 Å². The number of nitrogens with one attached hydrogen (secondary N) is 1. The third-order valence-electron chi connectivity index (χ3n) is 4.34. The number of carbonyl (C=O) groups excluding carboxylic acids is 1. The first-order chi connectivity index (χ1) is 13.7. The lowest BCUT2D eigenvalue weighted by Crippen LogP contribution is -2.42. The molecule has 0 aliphatic heterocycles. The van der Waals surface area contributed by atoms with Crippen LogP contribution in [-0.2, 0) is 6.54 Å². The fourth-order valence-corrected chi connectivity index (χ4v) is 2.90. The van der Waals surface area contributed by atoms with E-state index < -0.39 is 22.1 Å². The van der Waals surface area contributed by atoms with Gasteiger partial charge in [-0.05, 0) is 24.5 Å². The lowest BCUT2D eigenvalue weighted by molar-refractivity contribution is -0.384. The minimum absolute atomic E-state index is 0.0844. The van der Waals surface area contributed by atoms with E-state index in [-0.39, 0.29) is 41.8 Å². The molecule has 3 N–H and O–H groups in total. The second-order valence-electron chi connectivity index (χ2n) is 7.11. The van der Waals surface area contributed by atoms with Gasteiger partial charge in [0.2, 0.25) is 0 Å². The van der Waals surface area contributed by atoms with Gasteiger partial charge in [-0.3, -0.25) is 29.3 Å². The first-order valence-electron chi connectivity index (χ1n) is 9.36. The van der Waals surface area contributed by atoms with E-state index >= 15 is 0 Å². The van der Waals surface area contributed by atoms with Gasteiger partial charge < -0.3 is 10.6 Å². The molecule has 0 atom stereocenters. The van der Waals surface area contributed by atoms with Gasteiger partial charge in [-0.2, -0.15) is 0 Å². The SMILES string of the molecule is CCCCN(C(=O)c1ccc([N+](=O)[O-])cc1)c1c(N)n(CC(C)C)c(=O)[nH]c1=O. The Kier molecular flexibility index (Phi) is 6.92. The third-order valence-corrected chi connectivity index (χ3v) is 4.34. The summed E-state index contributed by atoms with van der Waals surface area (Å²) in [5, 5.41) is 10.8. The summed E-state index contributed by atoms with van der Waals surface area (Å²) >= 11 is 0. The Morgan fingerprint density at radius 1 is 1.28 bits per heavy atom. The molecule has 0 bridgehead atoms. The maximum atomic E-state index is 13.1. The highest BCUT2D eigenvalue weighted by Gasteiger charge is 2.25. The number of non-ortho nitro benzene ring substituents is 1. The lowest BCUT2D eigenvalue weighted by atomic mass is 10.1. The molecule has 1 amide bonds. The molecule has 0 unspecified atom stereocenters. The van der Waals surface area contributed by atoms with Crippen LogP contribution in [0, 0.1) is 16.0 Å². The summed E-state index contributed by atoms with van der Waals surface area (Å²) in [7, 11) is 0. The molecule has 1 aromatic heterocycles. The number of nitro groups is 1. The molecule has 2 aromatic rings. The number of aromatic amines is 1. The number of nitrogen functional groups attached to an aromatic ring is 1. The van der Waals surface area contributed by atoms with Crippen molar-refractivity contribution in [1.29, 1.82) is 0 Å². The van der Waals surface area contributed by atoms with Gasteiger partial charge in [0.05, 0.1) is 4.92 Å². The van der Waals surface area contributed by atoms with Gasteiger partial charge in [0.1, 0.15) is 5.82 Å². The highest BCUT2D eigenvalue weighted by atomic mass is 16.6. The number of rotatable bonds is 8. The molecule has 0 radical (unpaired) electrons. The van der Waals surface area contributed by atoms with E-state index in [2.05, 4.69) is 4.98 Å². The minimum atomic E-state index is -0.751. The van der Waals surface area contributed by atoms with E-state index in [0.29, 0.717) is 6.42 Å². The Morgan fingerprint density at radius 2 is 1.90 bits per heavy atom. The lowest BCUT2D eigenvalue weighted by Gasteiger charge is -2.25. The minimum Gasteiger partial charge on any atom is -0.383 e. The highest BCUT2D eigenvalue weighted by Crippen LogP contribution is 2.22. The molecule has 156 valence electrons. The Labute approximate surface area is 167 Å². The van der Waals surface area contributed by atoms with Gasteiger partial charge in [-0.15, -0.1) is 0 Å². The second-order valence-corrected chi connectivity index (χ2v) is 7.11. The summed E-state index contributed by atoms with van der Waals surface area (Å²) in [6, 6.07) is 5.10. The number of aromatic nitrogens is 2. The van der Waals surface area contributed by atoms with Crippen molar-refractivity contribution in [3.8, 4) is 0 Å². The van der Waals surface area contributed by atoms with Crippen LogP contribution >= 0.6 is 0 Å². The van der Waals surface area contributed by atoms with Crippen molar-refractivity contribution in [2.45, 2.75) is 40.2 Å². The van der Waals surface area contributed by atoms with E-state index in [4.69, 9.17) is 5.73 Å². The van der Waals surface area contributed by atoms with Crippen LogP contribution in [0.25, 0.3) is 0 Å². The molecule has 0 spiro atoms. The van der Waals surface area contributed by atoms with E-state index in [0.717, 1.165) is 6.42 Å². The van der Waals surface area contributed by atoms with Crippen molar-refractivity contribution in [1.82, 2.24) is 9.55 Å². The number of nitro benzene ring substituents is 1. The maximum absolute atomic E-state index is 13.1. The van der Waals surface area contributed by atoms with E-state index in [1.165, 1.54) is 33.7 Å². The molecule has 2 rings (SSSR count). The average molecular weight is 403 g/mol. The summed E-state index contributed by atoms with van der Waals surface area (Å²) in [5.41, 5.74) is 4.69. The number of H-pyrrole nitrogens is 1. The van der Waals surface area contributed by atoms with Crippen LogP contribution in [0.1, 0.15) is 44.0 Å². The van der Waals surface area contributed by atoms with Crippen molar-refractivity contribution < 1.29 is 9.72 Å². The summed E-state index contributed by atoms with van der Waals surface area (Å²) in [4.78, 5) is 51.6. The normalized spacial score (nSPS) is 10.9. The summed E-state index contributed by atoms with van der Waals surface area (Å²) < 4.78 is 1.24. The monoisotopic (exact) mass is 403 g/mol. The maximum Gasteiger partial charge on any atom is 0.330 e. The van der Waals surface area contributed by atoms with Gasteiger partial charge in [-0.1, -0.05) is 27.2 Å². The molecule has 0 aliphatic carbocycles. The summed E-state index contributed by atoms with van der Waals surface area (Å²) in [6.07, 6.45) is 1.36. The van der Waals surface area contributed by atoms with Crippen LogP contribution in [0.4, 0.5) is 17.2 Å². The quantitative estimate of drug-likeness (QED) is 0.510. The fraction of sp³-hybridized carbons (Fsp3) is 0.421. The van der Waals surface area contributed by atoms with Gasteiger partial charge in [0, 0.05) is 30.8 Å². The number of benzene rings is 1. The molecule has 10 heteroatoms. The smallest absolute Gasteiger partial charge is 0.330 e. The molecular weight excluding hydrogens is 378 g/mol. The number of nitrogens with two attached hydrogens (primary N) is 1. The Bertz CT molecular complexity index is 1010. The van der Waals surface area contributed by atoms with E-state index in [9.17, 15) is 24.5 Å². The Morgan fingerprint density at radius 3 is 2.41 bits per heavy atom. The number of hydrogen-bond acceptors (Lipinski definition) is 6. The molecule has 1 aromatic carbocycles. The number of amides is 1. The third kappa shape index (κ3) is 4.89. The standard InChI is InChI=1S/C19H25N5O5/c1-4-5-10-22(18(26)13-6-8-14(9-7-13)24(28)29)15-16(20)23(11-12(2)3)19(27)21-17(15)25/h6-9,12H,4-5,10-11,20H2,1-3H3,(H,21,25,27). The zero-order chi connectivity index (χ0) is 21.7. The molecule has 10 nitrogen and oxygen atoms in total. The number of nitrogens with zero attached hydrogens (tertiary/aromatic N) is 3. The fourth-order valence-electron chi connectivity index (χ4n) is 2.90. The topological polar surface area (TPSA) is 144 Å². The molecule has 0 fully saturated rings. The van der Waals surface area contributed by atoms with Gasteiger partial charge in [0.15, 0.2) is 5.69 Å². The summed E-state index contributed by atoms with van der Waals surface area (Å²) in [6.45, 7) is 6.21. The van der Waals surface area contributed by atoms with Crippen LogP contribution in [0.3, 0.4) is 0 Å². The van der Waals surface area contributed by atoms with Crippen molar-refractivity contribution in [3.05, 3.63) is 60.8 Å². The van der Waals surface area contributed by atoms with Crippen molar-refractivity contribution in [2.24, 2.45) is 5.92 Å². The zero-order valence-electron chi connectivity index (χ0n) is 16.7. The number of hydrogen-bond donors (Lipinski definition) is 2. The van der Waals surface area contributed by atoms with Crippen molar-refractivity contribution in [3.63, 3.8) is 0 Å². The second kappa shape index (κ2) is 9.18. The van der Waals surface area contributed by atoms with E-state index in [1.807, 2.05) is 20.8 Å². The van der Waals surface area contributed by atoms with Crippen LogP contribution in [0.15, 0.2) is 33.9 Å². The molecule has 0 aliphatic rings. The van der Waals surface area contributed by atoms with Crippen LogP contribution in [-0.4, -0.2) is 26.9 Å². The van der Waals surface area contributed by atoms with E-state index in [1.54, 1.807) is 0 Å². The number of anilines is 2. The van der Waals surface area contributed by atoms with Crippen molar-refractivity contribution in [2.75, 3.05) is 17.2 Å². The average Bonchev–Trinajstić information content (AvgIpc) is 2.67. The predicted molar refractivity (Wildman–Crippen MR) is 110 cm³/mol. The molecular formula is C19H25N5O5. The molecule has 29 heavy (non-hydrogen) atoms. The van der Waals surface area contributed by atoms with Gasteiger partial charge in [0.25, 0.3) is 17.2 Å². The Hall–Kier alpha value is -3.43. The van der Waals surface area contributed by atoms with Crippen LogP contribution in [0.5, 0.6) is 0 Å². The van der Waals surface area contributed by atoms with Gasteiger partial charge in [-0.25, -0.2) is 4.79 Å². The highest BCUT2D eigenvalue weighted by molar-refractivity contribution is 6.07.